The first-order valence-corrected chi connectivity index (χ1v) is 8.06. The van der Waals surface area contributed by atoms with E-state index in [1.165, 1.54) is 0 Å². The molecule has 1 aromatic rings. The van der Waals surface area contributed by atoms with E-state index >= 15 is 0 Å². The van der Waals surface area contributed by atoms with E-state index in [-0.39, 0.29) is 25.0 Å². The number of benzene rings is 1. The Balaban J connectivity index is 1.67. The molecule has 23 heavy (non-hydrogen) atoms. The van der Waals surface area contributed by atoms with Crippen LogP contribution in [-0.4, -0.2) is 47.2 Å². The van der Waals surface area contributed by atoms with Crippen molar-refractivity contribution in [3.8, 4) is 11.5 Å². The first-order chi connectivity index (χ1) is 11.1. The van der Waals surface area contributed by atoms with Crippen molar-refractivity contribution in [1.29, 1.82) is 0 Å². The Kier molecular flexibility index (Phi) is 4.69. The lowest BCUT2D eigenvalue weighted by atomic mass is 9.97. The highest BCUT2D eigenvalue weighted by Gasteiger charge is 2.35. The highest BCUT2D eigenvalue weighted by molar-refractivity contribution is 5.82. The highest BCUT2D eigenvalue weighted by atomic mass is 16.6. The van der Waals surface area contributed by atoms with Crippen LogP contribution in [0.2, 0.25) is 0 Å². The van der Waals surface area contributed by atoms with Crippen LogP contribution in [0.1, 0.15) is 32.1 Å². The van der Waals surface area contributed by atoms with Crippen molar-refractivity contribution in [3.63, 3.8) is 0 Å². The quantitative estimate of drug-likeness (QED) is 0.919. The summed E-state index contributed by atoms with van der Waals surface area (Å²) < 4.78 is 11.4. The molecule has 1 saturated heterocycles. The summed E-state index contributed by atoms with van der Waals surface area (Å²) in [5, 5.41) is 8.88. The summed E-state index contributed by atoms with van der Waals surface area (Å²) in [6.45, 7) is 0.850. The zero-order valence-electron chi connectivity index (χ0n) is 12.9. The average Bonchev–Trinajstić information content (AvgIpc) is 2.59. The highest BCUT2D eigenvalue weighted by Crippen LogP contribution is 2.32. The molecular formula is C17H21NO5. The molecule has 1 amide bonds. The molecule has 2 aliphatic heterocycles. The lowest BCUT2D eigenvalue weighted by Crippen LogP contribution is -2.52. The monoisotopic (exact) mass is 319 g/mol. The summed E-state index contributed by atoms with van der Waals surface area (Å²) in [5.74, 6) is 0.303. The van der Waals surface area contributed by atoms with Crippen LogP contribution < -0.4 is 9.47 Å². The molecule has 124 valence electrons. The van der Waals surface area contributed by atoms with Gasteiger partial charge in [-0.05, 0) is 37.8 Å². The van der Waals surface area contributed by atoms with Crippen LogP contribution in [0.25, 0.3) is 0 Å². The molecular weight excluding hydrogens is 298 g/mol. The van der Waals surface area contributed by atoms with E-state index in [9.17, 15) is 9.59 Å². The fourth-order valence-electron chi connectivity index (χ4n) is 3.21. The zero-order chi connectivity index (χ0) is 16.2. The van der Waals surface area contributed by atoms with E-state index in [1.54, 1.807) is 11.0 Å². The number of ether oxygens (including phenoxy) is 2. The number of fused-ring (bicyclic) bond motifs is 1. The predicted molar refractivity (Wildman–Crippen MR) is 82.6 cm³/mol. The molecule has 0 saturated carbocycles. The molecule has 1 N–H and O–H groups in total. The maximum absolute atomic E-state index is 12.8. The molecule has 0 spiro atoms. The van der Waals surface area contributed by atoms with E-state index in [0.717, 1.165) is 19.3 Å². The summed E-state index contributed by atoms with van der Waals surface area (Å²) in [5.41, 5.74) is 0. The van der Waals surface area contributed by atoms with Gasteiger partial charge in [-0.15, -0.1) is 0 Å². The first kappa shape index (κ1) is 15.6. The van der Waals surface area contributed by atoms with Crippen molar-refractivity contribution >= 4 is 11.9 Å². The minimum absolute atomic E-state index is 0.0203. The molecule has 6 heteroatoms. The number of carboxylic acids is 1. The standard InChI is InChI=1S/C17H21NO5/c19-16(20)9-8-12-5-3-4-10-18(12)17(21)15-11-22-13-6-1-2-7-14(13)23-15/h1-2,6-7,12,15H,3-5,8-11H2,(H,19,20)/t12-,15-/m1/s1. The van der Waals surface area contributed by atoms with Crippen LogP contribution in [0.15, 0.2) is 24.3 Å². The van der Waals surface area contributed by atoms with E-state index in [4.69, 9.17) is 14.6 Å². The van der Waals surface area contributed by atoms with Crippen LogP contribution in [-0.2, 0) is 9.59 Å². The Labute approximate surface area is 135 Å². The Morgan fingerprint density at radius 2 is 2.00 bits per heavy atom. The molecule has 2 atom stereocenters. The van der Waals surface area contributed by atoms with E-state index < -0.39 is 12.1 Å². The topological polar surface area (TPSA) is 76.1 Å². The number of amides is 1. The van der Waals surface area contributed by atoms with Crippen molar-refractivity contribution in [3.05, 3.63) is 24.3 Å². The second kappa shape index (κ2) is 6.89. The van der Waals surface area contributed by atoms with Gasteiger partial charge in [-0.25, -0.2) is 0 Å². The zero-order valence-corrected chi connectivity index (χ0v) is 12.9. The van der Waals surface area contributed by atoms with Gasteiger partial charge in [0.05, 0.1) is 0 Å². The van der Waals surface area contributed by atoms with Crippen LogP contribution in [0, 0.1) is 0 Å². The second-order valence-corrected chi connectivity index (χ2v) is 5.98. The summed E-state index contributed by atoms with van der Waals surface area (Å²) in [7, 11) is 0. The Morgan fingerprint density at radius 1 is 1.22 bits per heavy atom. The molecule has 0 bridgehead atoms. The number of para-hydroxylation sites is 2. The molecule has 6 nitrogen and oxygen atoms in total. The molecule has 0 aromatic heterocycles. The third kappa shape index (κ3) is 3.57. The predicted octanol–water partition coefficient (Wildman–Crippen LogP) is 2.07. The van der Waals surface area contributed by atoms with Gasteiger partial charge in [0.15, 0.2) is 11.5 Å². The molecule has 0 aliphatic carbocycles. The number of likely N-dealkylation sites (tertiary alicyclic amines) is 1. The van der Waals surface area contributed by atoms with E-state index in [1.807, 2.05) is 18.2 Å². The van der Waals surface area contributed by atoms with Crippen molar-refractivity contribution in [2.75, 3.05) is 13.2 Å². The minimum atomic E-state index is -0.825. The summed E-state index contributed by atoms with van der Waals surface area (Å²) in [6, 6.07) is 7.27. The number of carbonyl (C=O) groups is 2. The number of hydrogen-bond donors (Lipinski definition) is 1. The largest absolute Gasteiger partial charge is 0.485 e. The first-order valence-electron chi connectivity index (χ1n) is 8.06. The van der Waals surface area contributed by atoms with E-state index in [0.29, 0.717) is 24.5 Å². The fraction of sp³-hybridized carbons (Fsp3) is 0.529. The number of hydrogen-bond acceptors (Lipinski definition) is 4. The maximum Gasteiger partial charge on any atom is 0.303 e. The number of nitrogens with zero attached hydrogens (tertiary/aromatic N) is 1. The molecule has 2 aliphatic rings. The van der Waals surface area contributed by atoms with E-state index in [2.05, 4.69) is 0 Å². The number of carboxylic acid groups (broad SMARTS) is 1. The molecule has 3 rings (SSSR count). The number of rotatable bonds is 4. The molecule has 2 heterocycles. The van der Waals surface area contributed by atoms with Crippen molar-refractivity contribution in [2.24, 2.45) is 0 Å². The summed E-state index contributed by atoms with van der Waals surface area (Å²) >= 11 is 0. The third-order valence-corrected chi connectivity index (χ3v) is 4.39. The van der Waals surface area contributed by atoms with Gasteiger partial charge in [-0.2, -0.15) is 0 Å². The van der Waals surface area contributed by atoms with Crippen molar-refractivity contribution in [2.45, 2.75) is 44.2 Å². The van der Waals surface area contributed by atoms with Gasteiger partial charge in [0.25, 0.3) is 5.91 Å². The Bertz CT molecular complexity index is 588. The Morgan fingerprint density at radius 3 is 2.78 bits per heavy atom. The lowest BCUT2D eigenvalue weighted by Gasteiger charge is -2.38. The lowest BCUT2D eigenvalue weighted by molar-refractivity contribution is -0.146. The Hall–Kier alpha value is -2.24. The van der Waals surface area contributed by atoms with Gasteiger partial charge in [0.2, 0.25) is 6.10 Å². The van der Waals surface area contributed by atoms with Crippen LogP contribution in [0.5, 0.6) is 11.5 Å². The van der Waals surface area contributed by atoms with Crippen LogP contribution >= 0.6 is 0 Å². The number of aliphatic carboxylic acids is 1. The van der Waals surface area contributed by atoms with Gasteiger partial charge in [0, 0.05) is 19.0 Å². The summed E-state index contributed by atoms with van der Waals surface area (Å²) in [4.78, 5) is 25.4. The average molecular weight is 319 g/mol. The van der Waals surface area contributed by atoms with Crippen LogP contribution in [0.4, 0.5) is 0 Å². The smallest absolute Gasteiger partial charge is 0.303 e. The van der Waals surface area contributed by atoms with Gasteiger partial charge >= 0.3 is 5.97 Å². The number of piperidine rings is 1. The molecule has 1 aromatic carbocycles. The van der Waals surface area contributed by atoms with Crippen molar-refractivity contribution in [1.82, 2.24) is 4.90 Å². The molecule has 0 radical (unpaired) electrons. The summed E-state index contributed by atoms with van der Waals surface area (Å²) in [6.07, 6.45) is 2.74. The van der Waals surface area contributed by atoms with Gasteiger partial charge < -0.3 is 19.5 Å². The molecule has 1 fully saturated rings. The van der Waals surface area contributed by atoms with Gasteiger partial charge in [-0.3, -0.25) is 9.59 Å². The van der Waals surface area contributed by atoms with Gasteiger partial charge in [-0.1, -0.05) is 12.1 Å². The minimum Gasteiger partial charge on any atom is -0.485 e. The van der Waals surface area contributed by atoms with Gasteiger partial charge in [0.1, 0.15) is 6.61 Å². The number of carbonyl (C=O) groups excluding carboxylic acids is 1. The fourth-order valence-corrected chi connectivity index (χ4v) is 3.21. The SMILES string of the molecule is O=C(O)CC[C@H]1CCCCN1C(=O)[C@H]1COc2ccccc2O1. The third-order valence-electron chi connectivity index (χ3n) is 4.39. The van der Waals surface area contributed by atoms with Crippen molar-refractivity contribution < 1.29 is 24.2 Å². The normalized spacial score (nSPS) is 23.4. The maximum atomic E-state index is 12.8. The van der Waals surface area contributed by atoms with Crippen LogP contribution in [0.3, 0.4) is 0 Å². The molecule has 0 unspecified atom stereocenters. The second-order valence-electron chi connectivity index (χ2n) is 5.98.